The van der Waals surface area contributed by atoms with Crippen LogP contribution in [0.25, 0.3) is 0 Å². The third kappa shape index (κ3) is 2.36. The lowest BCUT2D eigenvalue weighted by Crippen LogP contribution is -2.17. The van der Waals surface area contributed by atoms with Crippen LogP contribution in [0.2, 0.25) is 8.67 Å². The second-order valence-corrected chi connectivity index (χ2v) is 4.84. The second-order valence-electron chi connectivity index (χ2n) is 2.56. The zero-order valence-corrected chi connectivity index (χ0v) is 9.35. The molecule has 1 rings (SSSR count). The van der Waals surface area contributed by atoms with Crippen LogP contribution in [0.1, 0.15) is 25.5 Å². The molecule has 0 amide bonds. The minimum absolute atomic E-state index is 0.284. The van der Waals surface area contributed by atoms with E-state index in [0.29, 0.717) is 0 Å². The SMILES string of the molecule is CCNC(C)c1cc(Cl)sc1Cl. The average molecular weight is 224 g/mol. The maximum Gasteiger partial charge on any atom is 0.0991 e. The van der Waals surface area contributed by atoms with Crippen molar-refractivity contribution in [2.45, 2.75) is 19.9 Å². The van der Waals surface area contributed by atoms with Crippen molar-refractivity contribution < 1.29 is 0 Å². The van der Waals surface area contributed by atoms with Gasteiger partial charge in [0, 0.05) is 6.04 Å². The Kier molecular flexibility index (Phi) is 3.84. The van der Waals surface area contributed by atoms with Gasteiger partial charge in [0.1, 0.15) is 0 Å². The van der Waals surface area contributed by atoms with Crippen LogP contribution in [0.15, 0.2) is 6.07 Å². The zero-order valence-electron chi connectivity index (χ0n) is 7.03. The van der Waals surface area contributed by atoms with E-state index in [2.05, 4.69) is 19.2 Å². The Morgan fingerprint density at radius 3 is 2.67 bits per heavy atom. The molecule has 4 heteroatoms. The molecule has 0 radical (unpaired) electrons. The van der Waals surface area contributed by atoms with E-state index in [1.807, 2.05) is 6.07 Å². The molecule has 68 valence electrons. The van der Waals surface area contributed by atoms with Crippen LogP contribution in [-0.4, -0.2) is 6.54 Å². The van der Waals surface area contributed by atoms with Gasteiger partial charge in [-0.05, 0) is 25.1 Å². The first-order chi connectivity index (χ1) is 5.65. The molecule has 0 aliphatic heterocycles. The lowest BCUT2D eigenvalue weighted by atomic mass is 10.2. The number of halogens is 2. The standard InChI is InChI=1S/C8H11Cl2NS/c1-3-11-5(2)6-4-7(9)12-8(6)10/h4-5,11H,3H2,1-2H3. The third-order valence-electron chi connectivity index (χ3n) is 1.66. The van der Waals surface area contributed by atoms with Crippen LogP contribution in [0.4, 0.5) is 0 Å². The van der Waals surface area contributed by atoms with Crippen molar-refractivity contribution in [3.05, 3.63) is 20.3 Å². The van der Waals surface area contributed by atoms with E-state index in [9.17, 15) is 0 Å². The topological polar surface area (TPSA) is 12.0 Å². The highest BCUT2D eigenvalue weighted by atomic mass is 35.5. The highest BCUT2D eigenvalue weighted by Crippen LogP contribution is 2.34. The lowest BCUT2D eigenvalue weighted by Gasteiger charge is -2.10. The highest BCUT2D eigenvalue weighted by Gasteiger charge is 2.11. The summed E-state index contributed by atoms with van der Waals surface area (Å²) in [5.74, 6) is 0. The molecule has 1 aromatic rings. The molecule has 1 aromatic heterocycles. The van der Waals surface area contributed by atoms with Crippen LogP contribution in [0.3, 0.4) is 0 Å². The minimum Gasteiger partial charge on any atom is -0.310 e. The molecule has 1 nitrogen and oxygen atoms in total. The minimum atomic E-state index is 0.284. The van der Waals surface area contributed by atoms with Gasteiger partial charge in [-0.25, -0.2) is 0 Å². The average Bonchev–Trinajstić information content (AvgIpc) is 2.30. The van der Waals surface area contributed by atoms with Gasteiger partial charge >= 0.3 is 0 Å². The molecule has 12 heavy (non-hydrogen) atoms. The molecule has 0 saturated heterocycles. The zero-order chi connectivity index (χ0) is 9.14. The van der Waals surface area contributed by atoms with E-state index in [1.54, 1.807) is 0 Å². The van der Waals surface area contributed by atoms with Gasteiger partial charge in [-0.15, -0.1) is 11.3 Å². The summed E-state index contributed by atoms with van der Waals surface area (Å²) < 4.78 is 1.54. The van der Waals surface area contributed by atoms with E-state index < -0.39 is 0 Å². The summed E-state index contributed by atoms with van der Waals surface area (Å²) in [6, 6.07) is 2.20. The van der Waals surface area contributed by atoms with Crippen LogP contribution in [-0.2, 0) is 0 Å². The van der Waals surface area contributed by atoms with Gasteiger partial charge in [0.2, 0.25) is 0 Å². The van der Waals surface area contributed by atoms with Gasteiger partial charge in [0.25, 0.3) is 0 Å². The van der Waals surface area contributed by atoms with Gasteiger partial charge in [0.15, 0.2) is 0 Å². The Hall–Kier alpha value is 0.240. The van der Waals surface area contributed by atoms with E-state index in [1.165, 1.54) is 11.3 Å². The van der Waals surface area contributed by atoms with Crippen LogP contribution in [0.5, 0.6) is 0 Å². The largest absolute Gasteiger partial charge is 0.310 e. The number of hydrogen-bond acceptors (Lipinski definition) is 2. The molecule has 0 fully saturated rings. The van der Waals surface area contributed by atoms with Crippen molar-refractivity contribution in [3.8, 4) is 0 Å². The summed E-state index contributed by atoms with van der Waals surface area (Å²) in [6.45, 7) is 5.08. The van der Waals surface area contributed by atoms with Gasteiger partial charge in [-0.2, -0.15) is 0 Å². The van der Waals surface area contributed by atoms with E-state index in [0.717, 1.165) is 20.8 Å². The van der Waals surface area contributed by atoms with Gasteiger partial charge in [0.05, 0.1) is 8.67 Å². The Morgan fingerprint density at radius 2 is 2.25 bits per heavy atom. The maximum absolute atomic E-state index is 5.97. The molecule has 0 spiro atoms. The van der Waals surface area contributed by atoms with Crippen molar-refractivity contribution in [2.75, 3.05) is 6.54 Å². The fourth-order valence-electron chi connectivity index (χ4n) is 1.06. The first-order valence-electron chi connectivity index (χ1n) is 3.83. The molecule has 1 atom stereocenters. The molecule has 0 bridgehead atoms. The van der Waals surface area contributed by atoms with Crippen molar-refractivity contribution in [1.29, 1.82) is 0 Å². The number of thiophene rings is 1. The molecule has 1 heterocycles. The lowest BCUT2D eigenvalue weighted by molar-refractivity contribution is 0.600. The third-order valence-corrected chi connectivity index (χ3v) is 3.18. The number of nitrogens with one attached hydrogen (secondary N) is 1. The monoisotopic (exact) mass is 223 g/mol. The summed E-state index contributed by atoms with van der Waals surface area (Å²) in [4.78, 5) is 0. The van der Waals surface area contributed by atoms with Gasteiger partial charge in [-0.3, -0.25) is 0 Å². The second kappa shape index (κ2) is 4.47. The van der Waals surface area contributed by atoms with Crippen molar-refractivity contribution in [1.82, 2.24) is 5.32 Å². The summed E-state index contributed by atoms with van der Waals surface area (Å²) >= 11 is 13.2. The molecule has 0 aromatic carbocycles. The first kappa shape index (κ1) is 10.3. The summed E-state index contributed by atoms with van der Waals surface area (Å²) in [7, 11) is 0. The van der Waals surface area contributed by atoms with Crippen molar-refractivity contribution in [3.63, 3.8) is 0 Å². The van der Waals surface area contributed by atoms with Crippen molar-refractivity contribution in [2.24, 2.45) is 0 Å². The summed E-state index contributed by atoms with van der Waals surface area (Å²) in [6.07, 6.45) is 0. The maximum atomic E-state index is 5.97. The van der Waals surface area contributed by atoms with Crippen LogP contribution >= 0.6 is 34.5 Å². The predicted molar refractivity (Wildman–Crippen MR) is 56.4 cm³/mol. The number of hydrogen-bond donors (Lipinski definition) is 1. The molecule has 1 unspecified atom stereocenters. The summed E-state index contributed by atoms with van der Waals surface area (Å²) in [5, 5.41) is 3.28. The Bertz CT molecular complexity index is 260. The predicted octanol–water partition coefficient (Wildman–Crippen LogP) is 3.73. The Labute approximate surface area is 86.7 Å². The molecule has 1 N–H and O–H groups in total. The molecular formula is C8H11Cl2NS. The summed E-state index contributed by atoms with van der Waals surface area (Å²) in [5.41, 5.74) is 1.09. The van der Waals surface area contributed by atoms with Crippen molar-refractivity contribution >= 4 is 34.5 Å². The van der Waals surface area contributed by atoms with E-state index in [-0.39, 0.29) is 6.04 Å². The van der Waals surface area contributed by atoms with Gasteiger partial charge in [-0.1, -0.05) is 30.1 Å². The number of rotatable bonds is 3. The molecule has 0 saturated carbocycles. The first-order valence-corrected chi connectivity index (χ1v) is 5.40. The Balaban J connectivity index is 2.79. The van der Waals surface area contributed by atoms with Crippen LogP contribution < -0.4 is 5.32 Å². The quantitative estimate of drug-likeness (QED) is 0.824. The fourth-order valence-corrected chi connectivity index (χ4v) is 2.71. The Morgan fingerprint density at radius 1 is 1.58 bits per heavy atom. The normalized spacial score (nSPS) is 13.3. The van der Waals surface area contributed by atoms with E-state index >= 15 is 0 Å². The fraction of sp³-hybridized carbons (Fsp3) is 0.500. The molecule has 0 aliphatic carbocycles. The van der Waals surface area contributed by atoms with Crippen LogP contribution in [0, 0.1) is 0 Å². The van der Waals surface area contributed by atoms with E-state index in [4.69, 9.17) is 23.2 Å². The highest BCUT2D eigenvalue weighted by molar-refractivity contribution is 7.20. The molecular weight excluding hydrogens is 213 g/mol. The van der Waals surface area contributed by atoms with Gasteiger partial charge < -0.3 is 5.32 Å². The smallest absolute Gasteiger partial charge is 0.0991 e. The molecule has 0 aliphatic rings.